The monoisotopic (exact) mass is 399 g/mol. The van der Waals surface area contributed by atoms with Crippen LogP contribution in [0.4, 0.5) is 5.69 Å². The molecule has 5 heteroatoms. The highest BCUT2D eigenvalue weighted by molar-refractivity contribution is 6.22. The number of hydrogen-bond acceptors (Lipinski definition) is 4. The van der Waals surface area contributed by atoms with Gasteiger partial charge in [0.1, 0.15) is 5.75 Å². The van der Waals surface area contributed by atoms with Gasteiger partial charge in [-0.25, -0.2) is 4.90 Å². The molecule has 0 N–H and O–H groups in total. The van der Waals surface area contributed by atoms with Crippen LogP contribution in [0.2, 0.25) is 0 Å². The Morgan fingerprint density at radius 1 is 0.900 bits per heavy atom. The van der Waals surface area contributed by atoms with Gasteiger partial charge in [0, 0.05) is 11.6 Å². The van der Waals surface area contributed by atoms with Crippen molar-refractivity contribution in [3.05, 3.63) is 72.3 Å². The van der Waals surface area contributed by atoms with E-state index < -0.39 is 0 Å². The van der Waals surface area contributed by atoms with Gasteiger partial charge in [-0.15, -0.1) is 0 Å². The lowest BCUT2D eigenvalue weighted by Gasteiger charge is -2.37. The number of amides is 2. The van der Waals surface area contributed by atoms with Gasteiger partial charge in [0.15, 0.2) is 12.4 Å². The lowest BCUT2D eigenvalue weighted by molar-refractivity contribution is -0.124. The van der Waals surface area contributed by atoms with E-state index in [0.717, 1.165) is 6.42 Å². The van der Waals surface area contributed by atoms with Crippen molar-refractivity contribution in [1.29, 1.82) is 0 Å². The fourth-order valence-electron chi connectivity index (χ4n) is 5.78. The average Bonchev–Trinajstić information content (AvgIpc) is 3.56. The summed E-state index contributed by atoms with van der Waals surface area (Å²) in [7, 11) is 0. The summed E-state index contributed by atoms with van der Waals surface area (Å²) in [5.74, 6) is 1.29. The van der Waals surface area contributed by atoms with Gasteiger partial charge in [-0.1, -0.05) is 48.6 Å². The number of ether oxygens (including phenoxy) is 1. The summed E-state index contributed by atoms with van der Waals surface area (Å²) < 4.78 is 5.68. The number of nitrogens with zero attached hydrogens (tertiary/aromatic N) is 1. The number of rotatable bonds is 5. The van der Waals surface area contributed by atoms with Crippen LogP contribution in [0.15, 0.2) is 66.7 Å². The van der Waals surface area contributed by atoms with E-state index in [1.807, 2.05) is 18.2 Å². The number of allylic oxidation sites excluding steroid dienone is 2. The molecule has 150 valence electrons. The molecule has 7 rings (SSSR count). The fourth-order valence-corrected chi connectivity index (χ4v) is 5.78. The number of Topliss-reactive ketones (excluding diaryl/α,β-unsaturated/α-hetero) is 1. The van der Waals surface area contributed by atoms with E-state index in [0.29, 0.717) is 28.8 Å². The van der Waals surface area contributed by atoms with Crippen molar-refractivity contribution in [2.45, 2.75) is 6.42 Å². The van der Waals surface area contributed by atoms with Crippen LogP contribution in [0.25, 0.3) is 0 Å². The predicted molar refractivity (Wildman–Crippen MR) is 110 cm³/mol. The molecule has 2 saturated carbocycles. The molecule has 0 radical (unpaired) electrons. The normalized spacial score (nSPS) is 32.7. The topological polar surface area (TPSA) is 63.7 Å². The number of imide groups is 1. The molecule has 5 nitrogen and oxygen atoms in total. The van der Waals surface area contributed by atoms with Gasteiger partial charge in [0.05, 0.1) is 17.5 Å². The van der Waals surface area contributed by atoms with Gasteiger partial charge in [-0.3, -0.25) is 14.4 Å². The maximum atomic E-state index is 13.2. The average molecular weight is 399 g/mol. The molecule has 5 aliphatic rings. The summed E-state index contributed by atoms with van der Waals surface area (Å²) in [6, 6.07) is 15.9. The number of carbonyl (C=O) groups is 3. The summed E-state index contributed by atoms with van der Waals surface area (Å²) in [6.45, 7) is -0.0992. The van der Waals surface area contributed by atoms with E-state index >= 15 is 0 Å². The van der Waals surface area contributed by atoms with E-state index in [4.69, 9.17) is 4.74 Å². The molecule has 6 atom stereocenters. The van der Waals surface area contributed by atoms with Gasteiger partial charge in [-0.2, -0.15) is 0 Å². The van der Waals surface area contributed by atoms with Crippen molar-refractivity contribution < 1.29 is 19.1 Å². The largest absolute Gasteiger partial charge is 0.485 e. The maximum absolute atomic E-state index is 13.2. The lowest BCUT2D eigenvalue weighted by Crippen LogP contribution is -2.40. The first kappa shape index (κ1) is 17.6. The van der Waals surface area contributed by atoms with Crippen LogP contribution >= 0.6 is 0 Å². The van der Waals surface area contributed by atoms with Gasteiger partial charge in [-0.05, 0) is 42.2 Å². The van der Waals surface area contributed by atoms with Crippen LogP contribution < -0.4 is 9.64 Å². The Labute approximate surface area is 174 Å². The highest BCUT2D eigenvalue weighted by Crippen LogP contribution is 2.65. The zero-order valence-corrected chi connectivity index (χ0v) is 16.3. The van der Waals surface area contributed by atoms with Gasteiger partial charge >= 0.3 is 0 Å². The molecule has 30 heavy (non-hydrogen) atoms. The van der Waals surface area contributed by atoms with Crippen molar-refractivity contribution in [3.63, 3.8) is 0 Å². The first-order chi connectivity index (χ1) is 14.6. The Morgan fingerprint density at radius 2 is 1.57 bits per heavy atom. The standard InChI is InChI=1S/C25H21NO4/c27-21(14-5-2-1-3-6-14)13-30-16-8-4-7-15(11-16)26-24(28)22-17-9-10-18(20-12-19(17)20)23(22)25(26)29/h1-11,17-20,22-23H,12-13H2/t17-,18-,19-,20+,22-,23+/m1/s1. The summed E-state index contributed by atoms with van der Waals surface area (Å²) in [5.41, 5.74) is 1.11. The highest BCUT2D eigenvalue weighted by atomic mass is 16.5. The van der Waals surface area contributed by atoms with Gasteiger partial charge in [0.2, 0.25) is 11.8 Å². The van der Waals surface area contributed by atoms with Crippen LogP contribution in [0.1, 0.15) is 16.8 Å². The first-order valence-corrected chi connectivity index (χ1v) is 10.5. The van der Waals surface area contributed by atoms with Gasteiger partial charge in [0.25, 0.3) is 0 Å². The zero-order valence-electron chi connectivity index (χ0n) is 16.3. The Balaban J connectivity index is 1.22. The van der Waals surface area contributed by atoms with E-state index in [2.05, 4.69) is 12.2 Å². The van der Waals surface area contributed by atoms with Crippen molar-refractivity contribution in [2.24, 2.45) is 35.5 Å². The Hall–Kier alpha value is -3.21. The quantitative estimate of drug-likeness (QED) is 0.439. The smallest absolute Gasteiger partial charge is 0.238 e. The second-order valence-electron chi connectivity index (χ2n) is 8.74. The van der Waals surface area contributed by atoms with Gasteiger partial charge < -0.3 is 4.74 Å². The molecule has 1 heterocycles. The lowest BCUT2D eigenvalue weighted by atomic mass is 9.63. The van der Waals surface area contributed by atoms with E-state index in [1.54, 1.807) is 36.4 Å². The van der Waals surface area contributed by atoms with Crippen molar-refractivity contribution >= 4 is 23.3 Å². The molecule has 2 amide bonds. The number of carbonyl (C=O) groups excluding carboxylic acids is 3. The molecule has 0 unspecified atom stereocenters. The Bertz CT molecular complexity index is 1060. The molecule has 2 bridgehead atoms. The second-order valence-corrected chi connectivity index (χ2v) is 8.74. The third kappa shape index (κ3) is 2.51. The maximum Gasteiger partial charge on any atom is 0.238 e. The van der Waals surface area contributed by atoms with E-state index in [-0.39, 0.29) is 47.9 Å². The molecule has 1 aliphatic heterocycles. The fraction of sp³-hybridized carbons (Fsp3) is 0.320. The first-order valence-electron chi connectivity index (χ1n) is 10.5. The summed E-state index contributed by atoms with van der Waals surface area (Å²) in [4.78, 5) is 40.1. The minimum atomic E-state index is -0.222. The molecule has 4 aliphatic carbocycles. The van der Waals surface area contributed by atoms with Crippen LogP contribution in [0.3, 0.4) is 0 Å². The molecule has 2 aromatic carbocycles. The molecular formula is C25H21NO4. The number of ketones is 1. The zero-order chi connectivity index (χ0) is 20.4. The number of anilines is 1. The highest BCUT2D eigenvalue weighted by Gasteiger charge is 2.67. The minimum Gasteiger partial charge on any atom is -0.485 e. The number of hydrogen-bond donors (Lipinski definition) is 0. The molecule has 1 saturated heterocycles. The van der Waals surface area contributed by atoms with E-state index in [9.17, 15) is 14.4 Å². The van der Waals surface area contributed by atoms with Crippen LogP contribution in [-0.2, 0) is 9.59 Å². The molecule has 0 spiro atoms. The Morgan fingerprint density at radius 3 is 2.23 bits per heavy atom. The summed E-state index contributed by atoms with van der Waals surface area (Å²) >= 11 is 0. The second kappa shape index (κ2) is 6.39. The number of benzene rings is 2. The minimum absolute atomic E-state index is 0.0905. The summed E-state index contributed by atoms with van der Waals surface area (Å²) in [6.07, 6.45) is 5.49. The van der Waals surface area contributed by atoms with Crippen LogP contribution in [0, 0.1) is 35.5 Å². The predicted octanol–water partition coefficient (Wildman–Crippen LogP) is 3.51. The third-order valence-corrected chi connectivity index (χ3v) is 7.20. The molecule has 3 fully saturated rings. The van der Waals surface area contributed by atoms with Crippen molar-refractivity contribution in [1.82, 2.24) is 0 Å². The molecule has 2 aromatic rings. The molecular weight excluding hydrogens is 378 g/mol. The van der Waals surface area contributed by atoms with Crippen molar-refractivity contribution in [3.8, 4) is 5.75 Å². The summed E-state index contributed by atoms with van der Waals surface area (Å²) in [5, 5.41) is 0. The molecule has 0 aromatic heterocycles. The van der Waals surface area contributed by atoms with Crippen molar-refractivity contribution in [2.75, 3.05) is 11.5 Å². The SMILES string of the molecule is O=C(COc1cccc(N2C(=O)[C@@H]3[C@@H]4C=C[C@H]([C@@H]5C[C@H]45)[C@@H]3C2=O)c1)c1ccccc1. The van der Waals surface area contributed by atoms with Crippen LogP contribution in [-0.4, -0.2) is 24.2 Å². The Kier molecular flexibility index (Phi) is 3.76. The van der Waals surface area contributed by atoms with E-state index in [1.165, 1.54) is 4.90 Å². The third-order valence-electron chi connectivity index (χ3n) is 7.20. The van der Waals surface area contributed by atoms with Crippen LogP contribution in [0.5, 0.6) is 5.75 Å².